The monoisotopic (exact) mass is 348 g/mol. The first kappa shape index (κ1) is 16.5. The zero-order chi connectivity index (χ0) is 18.3. The van der Waals surface area contributed by atoms with Crippen molar-refractivity contribution in [3.05, 3.63) is 64.0 Å². The number of benzene rings is 1. The molecule has 26 heavy (non-hydrogen) atoms. The van der Waals surface area contributed by atoms with Gasteiger partial charge in [0.25, 0.3) is 0 Å². The molecule has 3 aromatic heterocycles. The minimum Gasteiger partial charge on any atom is -0.422 e. The van der Waals surface area contributed by atoms with Crippen LogP contribution in [0, 0.1) is 13.8 Å². The minimum atomic E-state index is -0.390. The van der Waals surface area contributed by atoms with Crippen LogP contribution < -0.4 is 11.4 Å². The summed E-state index contributed by atoms with van der Waals surface area (Å²) in [5.41, 5.74) is 10.4. The second-order valence-electron chi connectivity index (χ2n) is 6.54. The Hall–Kier alpha value is -2.99. The molecule has 2 N–H and O–H groups in total. The van der Waals surface area contributed by atoms with Gasteiger partial charge in [0, 0.05) is 17.8 Å². The Balaban J connectivity index is 1.83. The third-order valence-corrected chi connectivity index (χ3v) is 4.47. The maximum Gasteiger partial charge on any atom is 0.345 e. The van der Waals surface area contributed by atoms with Crippen LogP contribution in [0.15, 0.2) is 45.9 Å². The van der Waals surface area contributed by atoms with E-state index < -0.39 is 0 Å². The van der Waals surface area contributed by atoms with Crippen molar-refractivity contribution in [2.45, 2.75) is 26.7 Å². The van der Waals surface area contributed by atoms with E-state index in [1.807, 2.05) is 54.9 Å². The quantitative estimate of drug-likeness (QED) is 0.573. The van der Waals surface area contributed by atoms with Crippen molar-refractivity contribution in [2.75, 3.05) is 6.54 Å². The highest BCUT2D eigenvalue weighted by Gasteiger charge is 2.13. The molecule has 0 spiro atoms. The van der Waals surface area contributed by atoms with Gasteiger partial charge in [-0.1, -0.05) is 12.1 Å². The molecule has 0 aliphatic heterocycles. The van der Waals surface area contributed by atoms with Gasteiger partial charge < -0.3 is 14.6 Å². The Morgan fingerprint density at radius 1 is 1.15 bits per heavy atom. The summed E-state index contributed by atoms with van der Waals surface area (Å²) in [5.74, 6) is 0. The van der Waals surface area contributed by atoms with Crippen LogP contribution in [0.5, 0.6) is 0 Å². The van der Waals surface area contributed by atoms with Crippen molar-refractivity contribution < 1.29 is 4.42 Å². The standard InChI is InChI=1S/C20H20N4O2/c1-12-10-24-11-17(23-19(24)13(2)22-12)16-9-15-6-5-14(4-3-7-21)8-18(15)26-20(16)25/h5-6,8-11H,3-4,7,21H2,1-2H3. The maximum atomic E-state index is 12.5. The lowest BCUT2D eigenvalue weighted by Crippen LogP contribution is -2.03. The van der Waals surface area contributed by atoms with Crippen molar-refractivity contribution in [3.8, 4) is 11.3 Å². The highest BCUT2D eigenvalue weighted by atomic mass is 16.4. The van der Waals surface area contributed by atoms with E-state index in [1.165, 1.54) is 0 Å². The van der Waals surface area contributed by atoms with E-state index in [4.69, 9.17) is 10.2 Å². The van der Waals surface area contributed by atoms with Gasteiger partial charge in [-0.25, -0.2) is 9.78 Å². The van der Waals surface area contributed by atoms with Crippen molar-refractivity contribution in [3.63, 3.8) is 0 Å². The number of aromatic nitrogens is 3. The third kappa shape index (κ3) is 2.88. The number of rotatable bonds is 4. The molecule has 0 saturated heterocycles. The maximum absolute atomic E-state index is 12.5. The Morgan fingerprint density at radius 3 is 2.81 bits per heavy atom. The van der Waals surface area contributed by atoms with Crippen LogP contribution >= 0.6 is 0 Å². The van der Waals surface area contributed by atoms with Crippen molar-refractivity contribution in [2.24, 2.45) is 5.73 Å². The van der Waals surface area contributed by atoms with Crippen LogP contribution in [0.4, 0.5) is 0 Å². The van der Waals surface area contributed by atoms with Gasteiger partial charge in [-0.05, 0) is 50.9 Å². The van der Waals surface area contributed by atoms with Gasteiger partial charge in [0.1, 0.15) is 5.58 Å². The first-order chi connectivity index (χ1) is 12.5. The molecular formula is C20H20N4O2. The number of nitrogens with zero attached hydrogens (tertiary/aromatic N) is 3. The summed E-state index contributed by atoms with van der Waals surface area (Å²) in [6.45, 7) is 4.48. The fourth-order valence-electron chi connectivity index (χ4n) is 3.23. The molecule has 3 heterocycles. The average Bonchev–Trinajstić information content (AvgIpc) is 3.03. The van der Waals surface area contributed by atoms with Gasteiger partial charge in [0.2, 0.25) is 0 Å². The van der Waals surface area contributed by atoms with E-state index in [0.717, 1.165) is 40.8 Å². The number of nitrogens with two attached hydrogens (primary N) is 1. The minimum absolute atomic E-state index is 0.390. The zero-order valence-electron chi connectivity index (χ0n) is 14.8. The highest BCUT2D eigenvalue weighted by Crippen LogP contribution is 2.23. The first-order valence-electron chi connectivity index (χ1n) is 8.65. The lowest BCUT2D eigenvalue weighted by atomic mass is 10.1. The highest BCUT2D eigenvalue weighted by molar-refractivity contribution is 5.81. The second-order valence-corrected chi connectivity index (χ2v) is 6.54. The molecule has 4 aromatic rings. The summed E-state index contributed by atoms with van der Waals surface area (Å²) in [5, 5.41) is 0.874. The van der Waals surface area contributed by atoms with E-state index >= 15 is 0 Å². The molecular weight excluding hydrogens is 328 g/mol. The Bertz CT molecular complexity index is 1170. The number of hydrogen-bond donors (Lipinski definition) is 1. The number of hydrogen-bond acceptors (Lipinski definition) is 5. The van der Waals surface area contributed by atoms with Crippen LogP contribution in [0.3, 0.4) is 0 Å². The lowest BCUT2D eigenvalue weighted by molar-refractivity contribution is 0.562. The summed E-state index contributed by atoms with van der Waals surface area (Å²) in [7, 11) is 0. The van der Waals surface area contributed by atoms with Crippen LogP contribution in [0.25, 0.3) is 27.9 Å². The molecule has 6 heteroatoms. The van der Waals surface area contributed by atoms with Crippen LogP contribution in [-0.2, 0) is 6.42 Å². The van der Waals surface area contributed by atoms with E-state index in [-0.39, 0.29) is 5.63 Å². The molecule has 4 rings (SSSR count). The molecule has 0 aliphatic rings. The Morgan fingerprint density at radius 2 is 2.00 bits per heavy atom. The molecule has 132 valence electrons. The fourth-order valence-corrected chi connectivity index (χ4v) is 3.23. The predicted octanol–water partition coefficient (Wildman–Crippen LogP) is 3.01. The largest absolute Gasteiger partial charge is 0.422 e. The molecule has 6 nitrogen and oxygen atoms in total. The second kappa shape index (κ2) is 6.38. The van der Waals surface area contributed by atoms with Crippen molar-refractivity contribution >= 4 is 16.6 Å². The lowest BCUT2D eigenvalue weighted by Gasteiger charge is -2.03. The van der Waals surface area contributed by atoms with Gasteiger partial charge in [-0.15, -0.1) is 0 Å². The normalized spacial score (nSPS) is 11.5. The number of fused-ring (bicyclic) bond motifs is 2. The Kier molecular flexibility index (Phi) is 4.05. The topological polar surface area (TPSA) is 86.4 Å². The smallest absolute Gasteiger partial charge is 0.345 e. The van der Waals surface area contributed by atoms with Crippen molar-refractivity contribution in [1.29, 1.82) is 0 Å². The molecule has 0 saturated carbocycles. The average molecular weight is 348 g/mol. The van der Waals surface area contributed by atoms with Crippen LogP contribution in [0.2, 0.25) is 0 Å². The van der Waals surface area contributed by atoms with Gasteiger partial charge in [0.15, 0.2) is 5.65 Å². The van der Waals surface area contributed by atoms with Crippen LogP contribution in [-0.4, -0.2) is 20.9 Å². The van der Waals surface area contributed by atoms with Gasteiger partial charge in [0.05, 0.1) is 22.6 Å². The molecule has 0 fully saturated rings. The zero-order valence-corrected chi connectivity index (χ0v) is 14.8. The predicted molar refractivity (Wildman–Crippen MR) is 101 cm³/mol. The molecule has 0 bridgehead atoms. The summed E-state index contributed by atoms with van der Waals surface area (Å²) >= 11 is 0. The molecule has 1 aromatic carbocycles. The summed E-state index contributed by atoms with van der Waals surface area (Å²) in [6.07, 6.45) is 5.51. The van der Waals surface area contributed by atoms with E-state index in [0.29, 0.717) is 23.4 Å². The van der Waals surface area contributed by atoms with Crippen LogP contribution in [0.1, 0.15) is 23.4 Å². The van der Waals surface area contributed by atoms with Gasteiger partial charge in [-0.3, -0.25) is 4.98 Å². The number of imidazole rings is 1. The molecule has 0 atom stereocenters. The molecule has 0 aliphatic carbocycles. The fraction of sp³-hybridized carbons (Fsp3) is 0.250. The van der Waals surface area contributed by atoms with E-state index in [2.05, 4.69) is 9.97 Å². The first-order valence-corrected chi connectivity index (χ1v) is 8.65. The summed E-state index contributed by atoms with van der Waals surface area (Å²) in [6, 6.07) is 7.77. The summed E-state index contributed by atoms with van der Waals surface area (Å²) < 4.78 is 7.46. The molecule has 0 unspecified atom stereocenters. The summed E-state index contributed by atoms with van der Waals surface area (Å²) in [4.78, 5) is 21.5. The Labute approximate surface area is 150 Å². The third-order valence-electron chi connectivity index (χ3n) is 4.47. The number of aryl methyl sites for hydroxylation is 3. The van der Waals surface area contributed by atoms with E-state index in [1.54, 1.807) is 0 Å². The van der Waals surface area contributed by atoms with E-state index in [9.17, 15) is 4.79 Å². The molecule has 0 radical (unpaired) electrons. The van der Waals surface area contributed by atoms with Crippen molar-refractivity contribution in [1.82, 2.24) is 14.4 Å². The molecule has 0 amide bonds. The van der Waals surface area contributed by atoms with Gasteiger partial charge >= 0.3 is 5.63 Å². The van der Waals surface area contributed by atoms with Gasteiger partial charge in [-0.2, -0.15) is 0 Å². The SMILES string of the molecule is Cc1cn2cc(-c3cc4ccc(CCCN)cc4oc3=O)nc2c(C)n1.